The second-order valence-corrected chi connectivity index (χ2v) is 7.75. The van der Waals surface area contributed by atoms with E-state index in [2.05, 4.69) is 74.9 Å². The van der Waals surface area contributed by atoms with E-state index in [0.29, 0.717) is 0 Å². The van der Waals surface area contributed by atoms with Gasteiger partial charge in [0.15, 0.2) is 5.65 Å². The van der Waals surface area contributed by atoms with E-state index in [0.717, 1.165) is 66.5 Å². The highest BCUT2D eigenvalue weighted by Gasteiger charge is 2.12. The number of nitrogens with zero attached hydrogens (tertiary/aromatic N) is 4. The number of hydrogen-bond acceptors (Lipinski definition) is 4. The summed E-state index contributed by atoms with van der Waals surface area (Å²) in [6, 6.07) is 10.9. The van der Waals surface area contributed by atoms with Crippen molar-refractivity contribution < 1.29 is 0 Å². The van der Waals surface area contributed by atoms with E-state index in [1.807, 2.05) is 19.2 Å². The quantitative estimate of drug-likeness (QED) is 0.474. The van der Waals surface area contributed by atoms with Crippen LogP contribution in [0.15, 0.2) is 36.5 Å². The van der Waals surface area contributed by atoms with E-state index >= 15 is 0 Å². The third kappa shape index (κ3) is 4.18. The predicted molar refractivity (Wildman–Crippen MR) is 120 cm³/mol. The number of benzene rings is 1. The standard InChI is InChI=1S/C23H30N6/c1-5-29(6-2)12-11-28(4)15-17-7-8-20-18(13-17)14-21(27-20)19-9-10-24-23-22(19)25-16(3)26-23/h7-10,13-14,27H,5-6,11-12,15H2,1-4H3,(H,24,25,26). The number of aryl methyl sites for hydroxylation is 1. The van der Waals surface area contributed by atoms with Crippen LogP contribution in [0, 0.1) is 6.92 Å². The van der Waals surface area contributed by atoms with Crippen LogP contribution < -0.4 is 0 Å². The minimum absolute atomic E-state index is 0.828. The summed E-state index contributed by atoms with van der Waals surface area (Å²) in [5, 5.41) is 1.23. The third-order valence-corrected chi connectivity index (χ3v) is 5.62. The first-order valence-corrected chi connectivity index (χ1v) is 10.4. The van der Waals surface area contributed by atoms with Crippen molar-refractivity contribution >= 4 is 22.1 Å². The van der Waals surface area contributed by atoms with Crippen LogP contribution in [0.3, 0.4) is 0 Å². The average Bonchev–Trinajstić information content (AvgIpc) is 3.30. The molecule has 0 saturated heterocycles. The number of fused-ring (bicyclic) bond motifs is 2. The number of H-pyrrole nitrogens is 2. The van der Waals surface area contributed by atoms with Gasteiger partial charge in [-0.1, -0.05) is 19.9 Å². The number of nitrogens with one attached hydrogen (secondary N) is 2. The lowest BCUT2D eigenvalue weighted by Crippen LogP contribution is -2.32. The Balaban J connectivity index is 1.55. The molecule has 3 heterocycles. The molecule has 0 radical (unpaired) electrons. The van der Waals surface area contributed by atoms with Crippen molar-refractivity contribution in [2.24, 2.45) is 0 Å². The van der Waals surface area contributed by atoms with Gasteiger partial charge >= 0.3 is 0 Å². The first-order valence-electron chi connectivity index (χ1n) is 10.4. The Hall–Kier alpha value is -2.70. The molecule has 0 amide bonds. The van der Waals surface area contributed by atoms with Crippen LogP contribution in [0.5, 0.6) is 0 Å². The summed E-state index contributed by atoms with van der Waals surface area (Å²) in [5.41, 5.74) is 6.37. The monoisotopic (exact) mass is 390 g/mol. The molecule has 4 aromatic rings. The number of pyridine rings is 1. The maximum absolute atomic E-state index is 4.62. The fraction of sp³-hybridized carbons (Fsp3) is 0.391. The van der Waals surface area contributed by atoms with Gasteiger partial charge < -0.3 is 19.8 Å². The van der Waals surface area contributed by atoms with Crippen LogP contribution in [-0.4, -0.2) is 63.0 Å². The van der Waals surface area contributed by atoms with Crippen LogP contribution in [0.1, 0.15) is 25.2 Å². The molecule has 0 atom stereocenters. The maximum atomic E-state index is 4.62. The van der Waals surface area contributed by atoms with Crippen LogP contribution in [0.25, 0.3) is 33.3 Å². The molecule has 0 aliphatic heterocycles. The molecule has 3 aromatic heterocycles. The van der Waals surface area contributed by atoms with E-state index in [4.69, 9.17) is 0 Å². The molecule has 0 spiro atoms. The van der Waals surface area contributed by atoms with Crippen molar-refractivity contribution in [1.82, 2.24) is 29.7 Å². The van der Waals surface area contributed by atoms with Crippen LogP contribution in [0.4, 0.5) is 0 Å². The molecular formula is C23H30N6. The number of likely N-dealkylation sites (N-methyl/N-ethyl adjacent to an activating group) is 2. The third-order valence-electron chi connectivity index (χ3n) is 5.62. The molecule has 6 nitrogen and oxygen atoms in total. The Kier molecular flexibility index (Phi) is 5.65. The van der Waals surface area contributed by atoms with Gasteiger partial charge in [-0.3, -0.25) is 0 Å². The summed E-state index contributed by atoms with van der Waals surface area (Å²) < 4.78 is 0. The molecule has 0 bridgehead atoms. The Bertz CT molecular complexity index is 1110. The van der Waals surface area contributed by atoms with Crippen molar-refractivity contribution in [2.45, 2.75) is 27.3 Å². The van der Waals surface area contributed by atoms with E-state index in [1.165, 1.54) is 10.9 Å². The van der Waals surface area contributed by atoms with Gasteiger partial charge in [-0.2, -0.15) is 0 Å². The first kappa shape index (κ1) is 19.6. The number of imidazole rings is 1. The number of rotatable bonds is 8. The molecule has 152 valence electrons. The Morgan fingerprint density at radius 1 is 1.00 bits per heavy atom. The molecule has 0 unspecified atom stereocenters. The van der Waals surface area contributed by atoms with Gasteiger partial charge in [0, 0.05) is 48.0 Å². The molecular weight excluding hydrogens is 360 g/mol. The average molecular weight is 391 g/mol. The normalized spacial score (nSPS) is 12.1. The summed E-state index contributed by atoms with van der Waals surface area (Å²) in [7, 11) is 2.20. The van der Waals surface area contributed by atoms with Crippen molar-refractivity contribution in [3.63, 3.8) is 0 Å². The highest BCUT2D eigenvalue weighted by Crippen LogP contribution is 2.29. The van der Waals surface area contributed by atoms with Gasteiger partial charge in [0.05, 0.1) is 0 Å². The molecule has 2 N–H and O–H groups in total. The van der Waals surface area contributed by atoms with Crippen molar-refractivity contribution in [3.8, 4) is 11.3 Å². The molecule has 0 aliphatic rings. The topological polar surface area (TPSA) is 63.8 Å². The van der Waals surface area contributed by atoms with Gasteiger partial charge in [-0.15, -0.1) is 0 Å². The zero-order valence-electron chi connectivity index (χ0n) is 17.8. The van der Waals surface area contributed by atoms with E-state index in [1.54, 1.807) is 0 Å². The van der Waals surface area contributed by atoms with E-state index in [-0.39, 0.29) is 0 Å². The fourth-order valence-electron chi connectivity index (χ4n) is 3.91. The number of aromatic nitrogens is 4. The van der Waals surface area contributed by atoms with Gasteiger partial charge in [0.2, 0.25) is 0 Å². The Morgan fingerprint density at radius 2 is 1.83 bits per heavy atom. The Morgan fingerprint density at radius 3 is 2.62 bits per heavy atom. The fourth-order valence-corrected chi connectivity index (χ4v) is 3.91. The first-order chi connectivity index (χ1) is 14.1. The highest BCUT2D eigenvalue weighted by atomic mass is 15.2. The lowest BCUT2D eigenvalue weighted by molar-refractivity contribution is 0.236. The zero-order valence-corrected chi connectivity index (χ0v) is 17.8. The lowest BCUT2D eigenvalue weighted by Gasteiger charge is -2.23. The second kappa shape index (κ2) is 8.35. The van der Waals surface area contributed by atoms with Crippen molar-refractivity contribution in [2.75, 3.05) is 33.2 Å². The summed E-state index contributed by atoms with van der Waals surface area (Å²) in [6.07, 6.45) is 1.83. The highest BCUT2D eigenvalue weighted by molar-refractivity contribution is 5.94. The molecule has 29 heavy (non-hydrogen) atoms. The smallest absolute Gasteiger partial charge is 0.158 e. The number of hydrogen-bond donors (Lipinski definition) is 2. The molecule has 6 heteroatoms. The summed E-state index contributed by atoms with van der Waals surface area (Å²) >= 11 is 0. The predicted octanol–water partition coefficient (Wildman–Crippen LogP) is 4.19. The minimum atomic E-state index is 0.828. The molecule has 4 rings (SSSR count). The maximum Gasteiger partial charge on any atom is 0.158 e. The number of aromatic amines is 2. The van der Waals surface area contributed by atoms with Crippen molar-refractivity contribution in [1.29, 1.82) is 0 Å². The second-order valence-electron chi connectivity index (χ2n) is 7.75. The summed E-state index contributed by atoms with van der Waals surface area (Å²) in [6.45, 7) is 11.8. The van der Waals surface area contributed by atoms with Gasteiger partial charge in [0.25, 0.3) is 0 Å². The SMILES string of the molecule is CCN(CC)CCN(C)Cc1ccc2[nH]c(-c3ccnc4[nH]c(C)nc34)cc2c1. The largest absolute Gasteiger partial charge is 0.354 e. The molecule has 1 aromatic carbocycles. The minimum Gasteiger partial charge on any atom is -0.354 e. The van der Waals surface area contributed by atoms with Gasteiger partial charge in [-0.25, -0.2) is 9.97 Å². The van der Waals surface area contributed by atoms with Gasteiger partial charge in [-0.05, 0) is 56.9 Å². The Labute approximate surface area is 172 Å². The van der Waals surface area contributed by atoms with E-state index in [9.17, 15) is 0 Å². The zero-order chi connectivity index (χ0) is 20.4. The lowest BCUT2D eigenvalue weighted by atomic mass is 10.1. The summed E-state index contributed by atoms with van der Waals surface area (Å²) in [4.78, 5) is 20.6. The molecule has 0 aliphatic carbocycles. The molecule has 0 saturated carbocycles. The van der Waals surface area contributed by atoms with Crippen LogP contribution in [-0.2, 0) is 6.54 Å². The van der Waals surface area contributed by atoms with Gasteiger partial charge in [0.1, 0.15) is 11.3 Å². The molecule has 0 fully saturated rings. The van der Waals surface area contributed by atoms with Crippen molar-refractivity contribution in [3.05, 3.63) is 47.9 Å². The van der Waals surface area contributed by atoms with Crippen LogP contribution >= 0.6 is 0 Å². The summed E-state index contributed by atoms with van der Waals surface area (Å²) in [5.74, 6) is 0.881. The van der Waals surface area contributed by atoms with Crippen LogP contribution in [0.2, 0.25) is 0 Å². The van der Waals surface area contributed by atoms with E-state index < -0.39 is 0 Å².